The topological polar surface area (TPSA) is 84.2 Å². The average molecular weight is 235 g/mol. The second kappa shape index (κ2) is 6.52. The van der Waals surface area contributed by atoms with Crippen LogP contribution in [-0.2, 0) is 4.79 Å². The highest BCUT2D eigenvalue weighted by Gasteiger charge is 2.01. The van der Waals surface area contributed by atoms with Gasteiger partial charge in [0.15, 0.2) is 0 Å². The van der Waals surface area contributed by atoms with E-state index in [1.807, 2.05) is 6.92 Å². The lowest BCUT2D eigenvalue weighted by Crippen LogP contribution is -2.30. The largest absolute Gasteiger partial charge is 0.376 e. The van der Waals surface area contributed by atoms with E-state index in [2.05, 4.69) is 10.6 Å². The second-order valence-corrected chi connectivity index (χ2v) is 3.65. The highest BCUT2D eigenvalue weighted by atomic mass is 16.2. The lowest BCUT2D eigenvalue weighted by Gasteiger charge is -2.07. The van der Waals surface area contributed by atoms with Gasteiger partial charge in [-0.3, -0.25) is 9.59 Å². The van der Waals surface area contributed by atoms with Crippen molar-refractivity contribution in [3.8, 4) is 0 Å². The summed E-state index contributed by atoms with van der Waals surface area (Å²) in [7, 11) is 0. The van der Waals surface area contributed by atoms with Gasteiger partial charge < -0.3 is 16.4 Å². The van der Waals surface area contributed by atoms with Crippen molar-refractivity contribution >= 4 is 17.5 Å². The molecule has 0 unspecified atom stereocenters. The highest BCUT2D eigenvalue weighted by molar-refractivity contribution is 5.93. The first kappa shape index (κ1) is 13.0. The number of nitrogens with one attached hydrogen (secondary N) is 2. The number of hydrogen-bond donors (Lipinski definition) is 3. The second-order valence-electron chi connectivity index (χ2n) is 3.65. The van der Waals surface area contributed by atoms with Gasteiger partial charge in [0, 0.05) is 17.8 Å². The molecule has 5 nitrogen and oxygen atoms in total. The van der Waals surface area contributed by atoms with Gasteiger partial charge in [0.25, 0.3) is 0 Å². The Morgan fingerprint density at radius 3 is 2.41 bits per heavy atom. The molecule has 0 aliphatic carbocycles. The van der Waals surface area contributed by atoms with Crippen LogP contribution in [0.5, 0.6) is 0 Å². The van der Waals surface area contributed by atoms with Crippen molar-refractivity contribution in [3.05, 3.63) is 29.8 Å². The van der Waals surface area contributed by atoms with Gasteiger partial charge in [-0.25, -0.2) is 0 Å². The minimum atomic E-state index is -0.461. The minimum absolute atomic E-state index is 0.0502. The molecular weight excluding hydrogens is 218 g/mol. The zero-order valence-electron chi connectivity index (χ0n) is 9.82. The molecule has 0 radical (unpaired) electrons. The normalized spacial score (nSPS) is 9.71. The average Bonchev–Trinajstić information content (AvgIpc) is 2.34. The standard InChI is InChI=1S/C12H17N3O2/c1-2-7-14-11(16)8-15-10-5-3-9(4-6-10)12(13)17/h3-6,15H,2,7-8H2,1H3,(H2,13,17)(H,14,16). The lowest BCUT2D eigenvalue weighted by atomic mass is 10.2. The third-order valence-corrected chi connectivity index (χ3v) is 2.19. The molecule has 1 aromatic carbocycles. The van der Waals surface area contributed by atoms with Crippen LogP contribution < -0.4 is 16.4 Å². The first-order valence-electron chi connectivity index (χ1n) is 5.54. The molecule has 0 atom stereocenters. The van der Waals surface area contributed by atoms with E-state index in [4.69, 9.17) is 5.73 Å². The summed E-state index contributed by atoms with van der Waals surface area (Å²) in [6.07, 6.45) is 0.916. The summed E-state index contributed by atoms with van der Waals surface area (Å²) in [6, 6.07) is 6.67. The minimum Gasteiger partial charge on any atom is -0.376 e. The molecule has 0 spiro atoms. The molecule has 92 valence electrons. The molecule has 4 N–H and O–H groups in total. The fourth-order valence-corrected chi connectivity index (χ4v) is 1.26. The molecule has 0 fully saturated rings. The van der Waals surface area contributed by atoms with Gasteiger partial charge in [-0.15, -0.1) is 0 Å². The molecule has 0 aromatic heterocycles. The number of carbonyl (C=O) groups is 2. The monoisotopic (exact) mass is 235 g/mol. The van der Waals surface area contributed by atoms with Gasteiger partial charge in [-0.1, -0.05) is 6.92 Å². The van der Waals surface area contributed by atoms with Crippen LogP contribution in [0.25, 0.3) is 0 Å². The van der Waals surface area contributed by atoms with Gasteiger partial charge in [0.2, 0.25) is 11.8 Å². The van der Waals surface area contributed by atoms with Crippen LogP contribution in [0.4, 0.5) is 5.69 Å². The number of primary amides is 1. The molecule has 5 heteroatoms. The van der Waals surface area contributed by atoms with E-state index < -0.39 is 5.91 Å². The number of benzene rings is 1. The van der Waals surface area contributed by atoms with E-state index in [1.165, 1.54) is 0 Å². The van der Waals surface area contributed by atoms with E-state index in [0.717, 1.165) is 12.1 Å². The summed E-state index contributed by atoms with van der Waals surface area (Å²) in [5, 5.41) is 5.71. The van der Waals surface area contributed by atoms with E-state index in [1.54, 1.807) is 24.3 Å². The first-order valence-corrected chi connectivity index (χ1v) is 5.54. The zero-order chi connectivity index (χ0) is 12.7. The van der Waals surface area contributed by atoms with Crippen LogP contribution in [-0.4, -0.2) is 24.9 Å². The fourth-order valence-electron chi connectivity index (χ4n) is 1.26. The molecule has 0 bridgehead atoms. The van der Waals surface area contributed by atoms with Crippen molar-refractivity contribution in [3.63, 3.8) is 0 Å². The Balaban J connectivity index is 2.42. The van der Waals surface area contributed by atoms with Crippen LogP contribution in [0, 0.1) is 0 Å². The predicted octanol–water partition coefficient (Wildman–Crippen LogP) is 0.724. The molecule has 1 rings (SSSR count). The summed E-state index contributed by atoms with van der Waals surface area (Å²) in [4.78, 5) is 22.1. The Morgan fingerprint density at radius 2 is 1.88 bits per heavy atom. The SMILES string of the molecule is CCCNC(=O)CNc1ccc(C(N)=O)cc1. The van der Waals surface area contributed by atoms with Gasteiger partial charge in [0.05, 0.1) is 6.54 Å². The van der Waals surface area contributed by atoms with Crippen molar-refractivity contribution in [2.75, 3.05) is 18.4 Å². The number of nitrogens with two attached hydrogens (primary N) is 1. The summed E-state index contributed by atoms with van der Waals surface area (Å²) in [6.45, 7) is 2.90. The van der Waals surface area contributed by atoms with Gasteiger partial charge in [-0.05, 0) is 30.7 Å². The van der Waals surface area contributed by atoms with E-state index in [0.29, 0.717) is 12.1 Å². The molecular formula is C12H17N3O2. The molecule has 0 heterocycles. The molecule has 0 saturated heterocycles. The van der Waals surface area contributed by atoms with Gasteiger partial charge >= 0.3 is 0 Å². The van der Waals surface area contributed by atoms with Crippen molar-refractivity contribution in [1.82, 2.24) is 5.32 Å². The predicted molar refractivity (Wildman–Crippen MR) is 66.8 cm³/mol. The number of hydrogen-bond acceptors (Lipinski definition) is 3. The van der Waals surface area contributed by atoms with Crippen LogP contribution >= 0.6 is 0 Å². The van der Waals surface area contributed by atoms with E-state index in [-0.39, 0.29) is 12.5 Å². The van der Waals surface area contributed by atoms with Crippen molar-refractivity contribution in [2.24, 2.45) is 5.73 Å². The molecule has 0 aliphatic rings. The van der Waals surface area contributed by atoms with Gasteiger partial charge in [0.1, 0.15) is 0 Å². The summed E-state index contributed by atoms with van der Waals surface area (Å²) in [5.74, 6) is -0.511. The maximum absolute atomic E-state index is 11.3. The Bertz CT molecular complexity index is 387. The van der Waals surface area contributed by atoms with Crippen molar-refractivity contribution < 1.29 is 9.59 Å². The number of carbonyl (C=O) groups excluding carboxylic acids is 2. The highest BCUT2D eigenvalue weighted by Crippen LogP contribution is 2.08. The summed E-state index contributed by atoms with van der Waals surface area (Å²) < 4.78 is 0. The van der Waals surface area contributed by atoms with Crippen LogP contribution in [0.3, 0.4) is 0 Å². The smallest absolute Gasteiger partial charge is 0.248 e. The third kappa shape index (κ3) is 4.55. The third-order valence-electron chi connectivity index (χ3n) is 2.19. The van der Waals surface area contributed by atoms with Crippen LogP contribution in [0.15, 0.2) is 24.3 Å². The quantitative estimate of drug-likeness (QED) is 0.679. The fraction of sp³-hybridized carbons (Fsp3) is 0.333. The maximum Gasteiger partial charge on any atom is 0.248 e. The maximum atomic E-state index is 11.3. The zero-order valence-corrected chi connectivity index (χ0v) is 9.82. The van der Waals surface area contributed by atoms with Crippen LogP contribution in [0.1, 0.15) is 23.7 Å². The Morgan fingerprint density at radius 1 is 1.24 bits per heavy atom. The van der Waals surface area contributed by atoms with Gasteiger partial charge in [-0.2, -0.15) is 0 Å². The van der Waals surface area contributed by atoms with Crippen molar-refractivity contribution in [2.45, 2.75) is 13.3 Å². The van der Waals surface area contributed by atoms with Crippen LogP contribution in [0.2, 0.25) is 0 Å². The number of anilines is 1. The number of amides is 2. The molecule has 2 amide bonds. The van der Waals surface area contributed by atoms with Crippen molar-refractivity contribution in [1.29, 1.82) is 0 Å². The molecule has 0 aliphatic heterocycles. The summed E-state index contributed by atoms with van der Waals surface area (Å²) >= 11 is 0. The van der Waals surface area contributed by atoms with E-state index in [9.17, 15) is 9.59 Å². The lowest BCUT2D eigenvalue weighted by molar-refractivity contribution is -0.119. The first-order chi connectivity index (χ1) is 8.13. The Kier molecular flexibility index (Phi) is 5.00. The van der Waals surface area contributed by atoms with E-state index >= 15 is 0 Å². The molecule has 1 aromatic rings. The molecule has 0 saturated carbocycles. The molecule has 17 heavy (non-hydrogen) atoms. The number of rotatable bonds is 6. The Labute approximate surface area is 100 Å². The Hall–Kier alpha value is -2.04. The summed E-state index contributed by atoms with van der Waals surface area (Å²) in [5.41, 5.74) is 6.35.